The van der Waals surface area contributed by atoms with Crippen LogP contribution in [0.4, 0.5) is 0 Å². The number of hydrogen-bond acceptors (Lipinski definition) is 2. The molecule has 0 aromatic carbocycles. The minimum Gasteiger partial charge on any atom is -0.481 e. The molecule has 0 radical (unpaired) electrons. The van der Waals surface area contributed by atoms with Crippen molar-refractivity contribution in [3.63, 3.8) is 0 Å². The van der Waals surface area contributed by atoms with Crippen molar-refractivity contribution in [3.05, 3.63) is 0 Å². The van der Waals surface area contributed by atoms with Crippen LogP contribution in [-0.2, 0) is 9.59 Å². The second-order valence-electron chi connectivity index (χ2n) is 8.26. The first-order valence-corrected chi connectivity index (χ1v) is 7.99. The Morgan fingerprint density at radius 1 is 1.24 bits per heavy atom. The van der Waals surface area contributed by atoms with E-state index in [-0.39, 0.29) is 17.2 Å². The zero-order valence-corrected chi connectivity index (χ0v) is 14.4. The summed E-state index contributed by atoms with van der Waals surface area (Å²) >= 11 is 0. The molecule has 2 atom stereocenters. The van der Waals surface area contributed by atoms with Crippen LogP contribution in [-0.4, -0.2) is 35.0 Å². The predicted octanol–water partition coefficient (Wildman–Crippen LogP) is 3.41. The lowest BCUT2D eigenvalue weighted by molar-refractivity contribution is -0.151. The monoisotopic (exact) mass is 297 g/mol. The van der Waals surface area contributed by atoms with Crippen LogP contribution in [0, 0.1) is 22.7 Å². The molecule has 4 nitrogen and oxygen atoms in total. The van der Waals surface area contributed by atoms with Crippen molar-refractivity contribution in [2.24, 2.45) is 22.7 Å². The maximum atomic E-state index is 12.4. The first-order chi connectivity index (χ1) is 9.48. The number of aliphatic carboxylic acids is 1. The molecule has 0 aromatic heterocycles. The average Bonchev–Trinajstić information content (AvgIpc) is 2.71. The fourth-order valence-corrected chi connectivity index (χ4v) is 3.48. The smallest absolute Gasteiger partial charge is 0.311 e. The number of carboxylic acid groups (broad SMARTS) is 1. The van der Waals surface area contributed by atoms with Gasteiger partial charge in [0.2, 0.25) is 5.91 Å². The summed E-state index contributed by atoms with van der Waals surface area (Å²) in [7, 11) is 0. The summed E-state index contributed by atoms with van der Waals surface area (Å²) in [5.74, 6) is -0.290. The SMILES string of the molecule is CC(CC(=O)N1CCC(C(=O)O)(C(C)C)C1)CC(C)(C)C. The summed E-state index contributed by atoms with van der Waals surface area (Å²) in [4.78, 5) is 25.8. The fraction of sp³-hybridized carbons (Fsp3) is 0.882. The minimum absolute atomic E-state index is 0.0415. The third-order valence-electron chi connectivity index (χ3n) is 4.67. The highest BCUT2D eigenvalue weighted by atomic mass is 16.4. The third-order valence-corrected chi connectivity index (χ3v) is 4.67. The summed E-state index contributed by atoms with van der Waals surface area (Å²) in [6, 6.07) is 0. The van der Waals surface area contributed by atoms with E-state index >= 15 is 0 Å². The highest BCUT2D eigenvalue weighted by Gasteiger charge is 2.48. The lowest BCUT2D eigenvalue weighted by Crippen LogP contribution is -2.40. The Kier molecular flexibility index (Phi) is 5.46. The lowest BCUT2D eigenvalue weighted by atomic mass is 9.76. The van der Waals surface area contributed by atoms with Gasteiger partial charge in [0.25, 0.3) is 0 Å². The van der Waals surface area contributed by atoms with Gasteiger partial charge in [-0.3, -0.25) is 9.59 Å². The van der Waals surface area contributed by atoms with Crippen molar-refractivity contribution < 1.29 is 14.7 Å². The molecule has 1 heterocycles. The highest BCUT2D eigenvalue weighted by Crippen LogP contribution is 2.38. The van der Waals surface area contributed by atoms with Crippen molar-refractivity contribution >= 4 is 11.9 Å². The van der Waals surface area contributed by atoms with E-state index in [4.69, 9.17) is 0 Å². The Morgan fingerprint density at radius 3 is 2.19 bits per heavy atom. The van der Waals surface area contributed by atoms with E-state index in [0.717, 1.165) is 6.42 Å². The molecule has 1 amide bonds. The van der Waals surface area contributed by atoms with Gasteiger partial charge in [0.15, 0.2) is 0 Å². The maximum Gasteiger partial charge on any atom is 0.311 e. The number of rotatable bonds is 5. The standard InChI is InChI=1S/C17H31NO3/c1-12(2)17(15(20)21)7-8-18(11-17)14(19)9-13(3)10-16(4,5)6/h12-13H,7-11H2,1-6H3,(H,20,21). The van der Waals surface area contributed by atoms with E-state index < -0.39 is 11.4 Å². The number of carbonyl (C=O) groups is 2. The van der Waals surface area contributed by atoms with Gasteiger partial charge in [-0.2, -0.15) is 0 Å². The van der Waals surface area contributed by atoms with E-state index in [0.29, 0.717) is 31.8 Å². The molecule has 0 spiro atoms. The van der Waals surface area contributed by atoms with Crippen LogP contribution in [0.5, 0.6) is 0 Å². The number of likely N-dealkylation sites (tertiary alicyclic amines) is 1. The van der Waals surface area contributed by atoms with E-state index in [1.807, 2.05) is 13.8 Å². The highest BCUT2D eigenvalue weighted by molar-refractivity contribution is 5.81. The van der Waals surface area contributed by atoms with Gasteiger partial charge in [0, 0.05) is 19.5 Å². The molecule has 0 aliphatic carbocycles. The minimum atomic E-state index is -0.768. The summed E-state index contributed by atoms with van der Waals surface area (Å²) in [6.45, 7) is 13.4. The molecule has 2 unspecified atom stereocenters. The largest absolute Gasteiger partial charge is 0.481 e. The van der Waals surface area contributed by atoms with Crippen LogP contribution in [0.25, 0.3) is 0 Å². The molecule has 0 saturated carbocycles. The van der Waals surface area contributed by atoms with E-state index in [9.17, 15) is 14.7 Å². The number of nitrogens with zero attached hydrogens (tertiary/aromatic N) is 1. The van der Waals surface area contributed by atoms with Crippen molar-refractivity contribution in [3.8, 4) is 0 Å². The van der Waals surface area contributed by atoms with Gasteiger partial charge in [-0.15, -0.1) is 0 Å². The van der Waals surface area contributed by atoms with Crippen LogP contribution in [0.3, 0.4) is 0 Å². The van der Waals surface area contributed by atoms with Gasteiger partial charge in [-0.05, 0) is 30.1 Å². The number of amides is 1. The molecule has 122 valence electrons. The maximum absolute atomic E-state index is 12.4. The van der Waals surface area contributed by atoms with Gasteiger partial charge in [-0.25, -0.2) is 0 Å². The predicted molar refractivity (Wildman–Crippen MR) is 84.0 cm³/mol. The van der Waals surface area contributed by atoms with Gasteiger partial charge in [0.05, 0.1) is 5.41 Å². The Morgan fingerprint density at radius 2 is 1.81 bits per heavy atom. The molecule has 1 fully saturated rings. The summed E-state index contributed by atoms with van der Waals surface area (Å²) in [5, 5.41) is 9.53. The zero-order valence-electron chi connectivity index (χ0n) is 14.4. The molecular weight excluding hydrogens is 266 g/mol. The topological polar surface area (TPSA) is 57.6 Å². The van der Waals surface area contributed by atoms with E-state index in [1.165, 1.54) is 0 Å². The van der Waals surface area contributed by atoms with Gasteiger partial charge >= 0.3 is 5.97 Å². The van der Waals surface area contributed by atoms with Crippen molar-refractivity contribution in [1.82, 2.24) is 4.90 Å². The molecule has 4 heteroatoms. The molecule has 1 N–H and O–H groups in total. The first-order valence-electron chi connectivity index (χ1n) is 7.99. The van der Waals surface area contributed by atoms with Crippen LogP contribution in [0.1, 0.15) is 60.8 Å². The number of hydrogen-bond donors (Lipinski definition) is 1. The lowest BCUT2D eigenvalue weighted by Gasteiger charge is -2.29. The summed E-state index contributed by atoms with van der Waals surface area (Å²) in [6.07, 6.45) is 2.09. The molecule has 21 heavy (non-hydrogen) atoms. The third kappa shape index (κ3) is 4.45. The van der Waals surface area contributed by atoms with Crippen LogP contribution in [0.15, 0.2) is 0 Å². The number of carbonyl (C=O) groups excluding carboxylic acids is 1. The second-order valence-corrected chi connectivity index (χ2v) is 8.26. The normalized spacial score (nSPS) is 24.4. The molecule has 1 aliphatic heterocycles. The van der Waals surface area contributed by atoms with Crippen LogP contribution >= 0.6 is 0 Å². The van der Waals surface area contributed by atoms with Crippen molar-refractivity contribution in [1.29, 1.82) is 0 Å². The van der Waals surface area contributed by atoms with Gasteiger partial charge < -0.3 is 10.0 Å². The van der Waals surface area contributed by atoms with Crippen LogP contribution in [0.2, 0.25) is 0 Å². The van der Waals surface area contributed by atoms with Crippen molar-refractivity contribution in [2.45, 2.75) is 60.8 Å². The van der Waals surface area contributed by atoms with Crippen molar-refractivity contribution in [2.75, 3.05) is 13.1 Å². The molecule has 1 saturated heterocycles. The van der Waals surface area contributed by atoms with E-state index in [2.05, 4.69) is 27.7 Å². The quantitative estimate of drug-likeness (QED) is 0.846. The molecular formula is C17H31NO3. The molecule has 0 bridgehead atoms. The average molecular weight is 297 g/mol. The Bertz CT molecular complexity index is 397. The van der Waals surface area contributed by atoms with Gasteiger partial charge in [-0.1, -0.05) is 41.5 Å². The first kappa shape index (κ1) is 18.0. The Hall–Kier alpha value is -1.06. The number of carboxylic acids is 1. The molecule has 1 rings (SSSR count). The van der Waals surface area contributed by atoms with Crippen LogP contribution < -0.4 is 0 Å². The molecule has 0 aromatic rings. The molecule has 1 aliphatic rings. The Balaban J connectivity index is 2.64. The zero-order chi connectivity index (χ0) is 16.4. The summed E-state index contributed by atoms with van der Waals surface area (Å²) in [5.41, 5.74) is -0.545. The Labute approximate surface area is 128 Å². The van der Waals surface area contributed by atoms with Gasteiger partial charge in [0.1, 0.15) is 0 Å². The summed E-state index contributed by atoms with van der Waals surface area (Å²) < 4.78 is 0. The van der Waals surface area contributed by atoms with E-state index in [1.54, 1.807) is 4.90 Å². The fourth-order valence-electron chi connectivity index (χ4n) is 3.48. The second kappa shape index (κ2) is 6.37.